The van der Waals surface area contributed by atoms with E-state index in [1.54, 1.807) is 6.07 Å². The monoisotopic (exact) mass is 920 g/mol. The quantitative estimate of drug-likeness (QED) is 0.131. The van der Waals surface area contributed by atoms with Gasteiger partial charge in [0.05, 0.1) is 5.58 Å². The normalized spacial score (nSPS) is 18.3. The van der Waals surface area contributed by atoms with Crippen LogP contribution in [0.5, 0.6) is 0 Å². The summed E-state index contributed by atoms with van der Waals surface area (Å²) in [6.45, 7) is 10.2. The van der Waals surface area contributed by atoms with Gasteiger partial charge in [-0.1, -0.05) is 121 Å². The summed E-state index contributed by atoms with van der Waals surface area (Å²) in [6, 6.07) is 37.7. The molecule has 1 saturated carbocycles. The van der Waals surface area contributed by atoms with Crippen molar-refractivity contribution in [2.24, 2.45) is 10.8 Å². The van der Waals surface area contributed by atoms with Crippen LogP contribution in [0.15, 0.2) is 114 Å². The fourth-order valence-corrected chi connectivity index (χ4v) is 8.78. The Morgan fingerprint density at radius 2 is 1.48 bits per heavy atom. The first-order valence-electron chi connectivity index (χ1n) is 22.6. The fourth-order valence-electron chi connectivity index (χ4n) is 8.78. The number of furan rings is 1. The van der Waals surface area contributed by atoms with Gasteiger partial charge in [-0.05, 0) is 110 Å². The molecule has 56 heavy (non-hydrogen) atoms. The molecule has 0 atom stereocenters. The van der Waals surface area contributed by atoms with E-state index >= 15 is 0 Å². The third-order valence-corrected chi connectivity index (χ3v) is 10.9. The minimum absolute atomic E-state index is 0. The maximum atomic E-state index is 9.78. The molecule has 9 rings (SSSR count). The van der Waals surface area contributed by atoms with E-state index in [0.29, 0.717) is 51.6 Å². The van der Waals surface area contributed by atoms with E-state index in [1.165, 1.54) is 17.8 Å². The van der Waals surface area contributed by atoms with Crippen LogP contribution in [0.3, 0.4) is 0 Å². The molecule has 0 spiro atoms. The van der Waals surface area contributed by atoms with Crippen LogP contribution >= 0.6 is 0 Å². The van der Waals surface area contributed by atoms with Crippen molar-refractivity contribution < 1.29 is 34.1 Å². The number of hydrogen-bond acceptors (Lipinski definition) is 3. The molecule has 3 nitrogen and oxygen atoms in total. The number of aromatic nitrogens is 2. The minimum Gasteiger partial charge on any atom is -0.501 e. The molecule has 1 fully saturated rings. The number of aryl methyl sites for hydroxylation is 2. The Hall–Kier alpha value is -4.63. The Morgan fingerprint density at radius 1 is 0.750 bits per heavy atom. The minimum atomic E-state index is -2.47. The number of benzene rings is 5. The molecular formula is C52H52IrN2O-2. The summed E-state index contributed by atoms with van der Waals surface area (Å²) in [6.07, 6.45) is 5.24. The predicted octanol–water partition coefficient (Wildman–Crippen LogP) is 14.5. The van der Waals surface area contributed by atoms with E-state index in [2.05, 4.69) is 101 Å². The van der Waals surface area contributed by atoms with Gasteiger partial charge in [-0.3, -0.25) is 0 Å². The molecule has 1 radical (unpaired) electrons. The van der Waals surface area contributed by atoms with Crippen molar-refractivity contribution in [3.63, 3.8) is 0 Å². The Morgan fingerprint density at radius 3 is 2.18 bits per heavy atom. The van der Waals surface area contributed by atoms with Crippen LogP contribution in [-0.4, -0.2) is 9.97 Å². The molecule has 1 aliphatic rings. The summed E-state index contributed by atoms with van der Waals surface area (Å²) >= 11 is 0. The summed E-state index contributed by atoms with van der Waals surface area (Å²) in [7, 11) is 0. The van der Waals surface area contributed by atoms with Crippen molar-refractivity contribution in [2.45, 2.75) is 92.7 Å². The van der Waals surface area contributed by atoms with Gasteiger partial charge in [-0.15, -0.1) is 53.6 Å². The summed E-state index contributed by atoms with van der Waals surface area (Å²) in [4.78, 5) is 9.09. The van der Waals surface area contributed by atoms with Crippen molar-refractivity contribution in [3.05, 3.63) is 144 Å². The van der Waals surface area contributed by atoms with Gasteiger partial charge >= 0.3 is 0 Å². The zero-order valence-corrected chi connectivity index (χ0v) is 35.5. The average molecular weight is 920 g/mol. The van der Waals surface area contributed by atoms with E-state index in [1.807, 2.05) is 60.8 Å². The second-order valence-corrected chi connectivity index (χ2v) is 17.8. The Balaban J connectivity index is 0.000000295. The molecule has 0 bridgehead atoms. The molecule has 0 N–H and O–H groups in total. The Labute approximate surface area is 356 Å². The van der Waals surface area contributed by atoms with Crippen molar-refractivity contribution in [1.82, 2.24) is 9.97 Å². The molecule has 5 aromatic carbocycles. The van der Waals surface area contributed by atoms with Gasteiger partial charge in [-0.25, -0.2) is 0 Å². The van der Waals surface area contributed by atoms with Crippen molar-refractivity contribution in [1.29, 1.82) is 0 Å². The SMILES string of the molecule is CC(C)(C)c1ccc(-c2[c-]cccc2)nc1.[2H]C([2H])([2H])c1cnc(-c2[c-]cc(C([2H])([2H])[2H])c3c2oc2cc4c(ccc5ccccc54)cc23)cc1C1([2H])CC(C)(C)CC(C)(C)C1.[Ir]. The number of hydrogen-bond donors (Lipinski definition) is 0. The molecular weight excluding hydrogens is 861 g/mol. The van der Waals surface area contributed by atoms with Crippen molar-refractivity contribution in [3.8, 4) is 22.5 Å². The van der Waals surface area contributed by atoms with Gasteiger partial charge in [-0.2, -0.15) is 0 Å². The van der Waals surface area contributed by atoms with Gasteiger partial charge in [0.15, 0.2) is 0 Å². The molecule has 0 aliphatic heterocycles. The molecule has 3 heterocycles. The molecule has 8 aromatic rings. The summed E-state index contributed by atoms with van der Waals surface area (Å²) < 4.78 is 66.4. The van der Waals surface area contributed by atoms with E-state index < -0.39 is 19.6 Å². The predicted molar refractivity (Wildman–Crippen MR) is 232 cm³/mol. The molecule has 0 saturated heterocycles. The van der Waals surface area contributed by atoms with E-state index in [0.717, 1.165) is 39.2 Å². The fraction of sp³-hybridized carbons (Fsp3) is 0.308. The van der Waals surface area contributed by atoms with Gasteiger partial charge < -0.3 is 14.4 Å². The van der Waals surface area contributed by atoms with Gasteiger partial charge in [0.1, 0.15) is 5.58 Å². The zero-order chi connectivity index (χ0) is 44.6. The average Bonchev–Trinajstić information content (AvgIpc) is 3.56. The summed E-state index contributed by atoms with van der Waals surface area (Å²) in [5.74, 6) is -1.17. The van der Waals surface area contributed by atoms with E-state index in [9.17, 15) is 1.37 Å². The summed E-state index contributed by atoms with van der Waals surface area (Å²) in [5.41, 5.74) is 5.40. The Bertz CT molecular complexity index is 2950. The topological polar surface area (TPSA) is 38.9 Å². The van der Waals surface area contributed by atoms with Crippen LogP contribution in [-0.2, 0) is 25.5 Å². The number of nitrogens with zero attached hydrogens (tertiary/aromatic N) is 2. The van der Waals surface area contributed by atoms with Crippen LogP contribution in [0.1, 0.15) is 105 Å². The smallest absolute Gasteiger partial charge is 0.121 e. The Kier molecular flexibility index (Phi) is 8.44. The summed E-state index contributed by atoms with van der Waals surface area (Å²) in [5, 5.41) is 5.24. The maximum absolute atomic E-state index is 9.78. The second kappa shape index (κ2) is 15.0. The number of rotatable bonds is 3. The molecule has 4 heteroatoms. The first-order chi connectivity index (χ1) is 28.9. The van der Waals surface area contributed by atoms with Crippen LogP contribution in [0.4, 0.5) is 0 Å². The van der Waals surface area contributed by atoms with Gasteiger partial charge in [0.25, 0.3) is 0 Å². The maximum Gasteiger partial charge on any atom is 0.121 e. The molecule has 1 aliphatic carbocycles. The molecule has 0 unspecified atom stereocenters. The standard InChI is InChI=1S/C37H36NO.C15H16N.Ir/c1-22-11-14-28(32-16-29(23(2)20-38-32)26-18-36(3,4)21-37(5,6)19-26)35-34(22)31-15-25-13-12-24-9-7-8-10-27(24)30(25)17-33(31)39-35;1-15(2,3)13-9-10-14(16-11-13)12-7-5-4-6-8-12;/h7-13,15-17,20,26H,18-19,21H2,1-6H3;4-7,9-11H,1-3H3;/q2*-1;/i1D3,2D3,26D;;. The first-order valence-corrected chi connectivity index (χ1v) is 19.1. The number of pyridine rings is 2. The third kappa shape index (κ3) is 7.84. The van der Waals surface area contributed by atoms with Crippen LogP contribution in [0.2, 0.25) is 0 Å². The van der Waals surface area contributed by atoms with Gasteiger partial charge in [0, 0.05) is 47.5 Å². The number of fused-ring (bicyclic) bond motifs is 6. The molecule has 3 aromatic heterocycles. The third-order valence-electron chi connectivity index (χ3n) is 10.9. The van der Waals surface area contributed by atoms with Crippen molar-refractivity contribution >= 4 is 43.5 Å². The largest absolute Gasteiger partial charge is 0.501 e. The van der Waals surface area contributed by atoms with Crippen LogP contribution in [0, 0.1) is 36.7 Å². The molecule has 287 valence electrons. The van der Waals surface area contributed by atoms with Crippen molar-refractivity contribution in [2.75, 3.05) is 0 Å². The molecule has 0 amide bonds. The van der Waals surface area contributed by atoms with Crippen LogP contribution in [0.25, 0.3) is 66.0 Å². The van der Waals surface area contributed by atoms with Gasteiger partial charge in [0.2, 0.25) is 0 Å². The van der Waals surface area contributed by atoms with E-state index in [4.69, 9.17) is 12.6 Å². The zero-order valence-electron chi connectivity index (χ0n) is 40.1. The van der Waals surface area contributed by atoms with E-state index in [-0.39, 0.29) is 47.5 Å². The first kappa shape index (κ1) is 31.5. The second-order valence-electron chi connectivity index (χ2n) is 17.8. The van der Waals surface area contributed by atoms with Crippen LogP contribution < -0.4 is 0 Å².